The largest absolute Gasteiger partial charge is 0.496 e. The van der Waals surface area contributed by atoms with Crippen molar-refractivity contribution < 1.29 is 9.47 Å². The molecule has 18 heavy (non-hydrogen) atoms. The smallest absolute Gasteiger partial charge is 0.123 e. The Balaban J connectivity index is 2.44. The lowest BCUT2D eigenvalue weighted by atomic mass is 10.0. The Bertz CT molecular complexity index is 478. The number of ether oxygens (including phenoxy) is 2. The number of methoxy groups -OCH3 is 2. The summed E-state index contributed by atoms with van der Waals surface area (Å²) in [6, 6.07) is 15.9. The SMILES string of the molecule is COc1ccccc1C(Br)c1ccccc1OC. The van der Waals surface area contributed by atoms with E-state index >= 15 is 0 Å². The Kier molecular flexibility index (Phi) is 4.26. The lowest BCUT2D eigenvalue weighted by Gasteiger charge is -2.17. The van der Waals surface area contributed by atoms with E-state index in [0.29, 0.717) is 0 Å². The highest BCUT2D eigenvalue weighted by Gasteiger charge is 2.17. The van der Waals surface area contributed by atoms with Gasteiger partial charge in [0.25, 0.3) is 0 Å². The number of alkyl halides is 1. The number of hydrogen-bond acceptors (Lipinski definition) is 2. The van der Waals surface area contributed by atoms with Crippen LogP contribution < -0.4 is 9.47 Å². The molecular weight excluding hydrogens is 292 g/mol. The van der Waals surface area contributed by atoms with Gasteiger partial charge in [-0.05, 0) is 12.1 Å². The van der Waals surface area contributed by atoms with Gasteiger partial charge in [-0.15, -0.1) is 0 Å². The molecule has 2 aromatic rings. The van der Waals surface area contributed by atoms with E-state index in [0.717, 1.165) is 22.6 Å². The minimum atomic E-state index is 0.0461. The van der Waals surface area contributed by atoms with Gasteiger partial charge in [0.05, 0.1) is 19.0 Å². The highest BCUT2D eigenvalue weighted by Crippen LogP contribution is 2.40. The predicted octanol–water partition coefficient (Wildman–Crippen LogP) is 4.19. The molecule has 0 atom stereocenters. The van der Waals surface area contributed by atoms with Crippen LogP contribution in [0, 0.1) is 0 Å². The second-order valence-corrected chi connectivity index (χ2v) is 4.76. The molecule has 0 fully saturated rings. The zero-order valence-corrected chi connectivity index (χ0v) is 12.0. The van der Waals surface area contributed by atoms with E-state index in [1.54, 1.807) is 14.2 Å². The van der Waals surface area contributed by atoms with Crippen molar-refractivity contribution in [3.63, 3.8) is 0 Å². The van der Waals surface area contributed by atoms with Crippen LogP contribution in [0.3, 0.4) is 0 Å². The average Bonchev–Trinajstić information content (AvgIpc) is 2.46. The van der Waals surface area contributed by atoms with E-state index in [4.69, 9.17) is 9.47 Å². The molecule has 0 heterocycles. The summed E-state index contributed by atoms with van der Waals surface area (Å²) in [5.74, 6) is 1.73. The molecule has 2 aromatic carbocycles. The molecule has 2 rings (SSSR count). The Morgan fingerprint density at radius 3 is 1.56 bits per heavy atom. The molecule has 0 amide bonds. The van der Waals surface area contributed by atoms with Crippen LogP contribution in [0.25, 0.3) is 0 Å². The standard InChI is InChI=1S/C15H15BrO2/c1-17-13-9-5-3-7-11(13)15(16)12-8-4-6-10-14(12)18-2/h3-10,15H,1-2H3. The summed E-state index contributed by atoms with van der Waals surface area (Å²) in [5, 5.41) is 0. The zero-order chi connectivity index (χ0) is 13.0. The summed E-state index contributed by atoms with van der Waals surface area (Å²) in [4.78, 5) is 0.0461. The number of benzene rings is 2. The molecule has 0 spiro atoms. The van der Waals surface area contributed by atoms with Crippen molar-refractivity contribution in [2.24, 2.45) is 0 Å². The minimum Gasteiger partial charge on any atom is -0.496 e. The first-order chi connectivity index (χ1) is 8.77. The normalized spacial score (nSPS) is 10.4. The number of rotatable bonds is 4. The third-order valence-electron chi connectivity index (χ3n) is 2.82. The van der Waals surface area contributed by atoms with Crippen LogP contribution in [0.15, 0.2) is 48.5 Å². The number of halogens is 1. The van der Waals surface area contributed by atoms with Crippen LogP contribution in [0.4, 0.5) is 0 Å². The van der Waals surface area contributed by atoms with Crippen molar-refractivity contribution in [3.8, 4) is 11.5 Å². The Morgan fingerprint density at radius 1 is 0.778 bits per heavy atom. The van der Waals surface area contributed by atoms with Gasteiger partial charge < -0.3 is 9.47 Å². The monoisotopic (exact) mass is 306 g/mol. The molecular formula is C15H15BrO2. The fourth-order valence-electron chi connectivity index (χ4n) is 1.92. The highest BCUT2D eigenvalue weighted by molar-refractivity contribution is 9.09. The quantitative estimate of drug-likeness (QED) is 0.789. The number of para-hydroxylation sites is 2. The molecule has 2 nitrogen and oxygen atoms in total. The van der Waals surface area contributed by atoms with Crippen LogP contribution in [-0.2, 0) is 0 Å². The third kappa shape index (κ3) is 2.51. The predicted molar refractivity (Wildman–Crippen MR) is 76.8 cm³/mol. The van der Waals surface area contributed by atoms with E-state index in [9.17, 15) is 0 Å². The van der Waals surface area contributed by atoms with E-state index < -0.39 is 0 Å². The maximum Gasteiger partial charge on any atom is 0.123 e. The maximum absolute atomic E-state index is 5.39. The Labute approximate surface area is 116 Å². The van der Waals surface area contributed by atoms with Gasteiger partial charge in [-0.25, -0.2) is 0 Å². The van der Waals surface area contributed by atoms with Crippen LogP contribution in [0.5, 0.6) is 11.5 Å². The summed E-state index contributed by atoms with van der Waals surface area (Å²) in [6.45, 7) is 0. The van der Waals surface area contributed by atoms with Crippen LogP contribution in [0.1, 0.15) is 16.0 Å². The van der Waals surface area contributed by atoms with Crippen molar-refractivity contribution in [3.05, 3.63) is 59.7 Å². The van der Waals surface area contributed by atoms with Crippen molar-refractivity contribution in [2.75, 3.05) is 14.2 Å². The fraction of sp³-hybridized carbons (Fsp3) is 0.200. The highest BCUT2D eigenvalue weighted by atomic mass is 79.9. The minimum absolute atomic E-state index is 0.0461. The van der Waals surface area contributed by atoms with Crippen LogP contribution >= 0.6 is 15.9 Å². The van der Waals surface area contributed by atoms with Gasteiger partial charge in [0.1, 0.15) is 11.5 Å². The van der Waals surface area contributed by atoms with Crippen LogP contribution in [0.2, 0.25) is 0 Å². The Hall–Kier alpha value is -1.48. The van der Waals surface area contributed by atoms with Gasteiger partial charge in [-0.2, -0.15) is 0 Å². The number of hydrogen-bond donors (Lipinski definition) is 0. The van der Waals surface area contributed by atoms with E-state index in [1.165, 1.54) is 0 Å². The first kappa shape index (κ1) is 13.0. The summed E-state index contributed by atoms with van der Waals surface area (Å²) in [7, 11) is 3.36. The van der Waals surface area contributed by atoms with Gasteiger partial charge in [0.2, 0.25) is 0 Å². The topological polar surface area (TPSA) is 18.5 Å². The van der Waals surface area contributed by atoms with Gasteiger partial charge in [-0.1, -0.05) is 52.3 Å². The zero-order valence-electron chi connectivity index (χ0n) is 10.4. The van der Waals surface area contributed by atoms with Crippen LogP contribution in [-0.4, -0.2) is 14.2 Å². The molecule has 0 aromatic heterocycles. The molecule has 0 aliphatic carbocycles. The summed E-state index contributed by atoms with van der Waals surface area (Å²) in [6.07, 6.45) is 0. The molecule has 0 bridgehead atoms. The summed E-state index contributed by atoms with van der Waals surface area (Å²) >= 11 is 3.72. The third-order valence-corrected chi connectivity index (χ3v) is 3.81. The molecule has 0 unspecified atom stereocenters. The second kappa shape index (κ2) is 5.91. The lowest BCUT2D eigenvalue weighted by molar-refractivity contribution is 0.405. The molecule has 94 valence electrons. The van der Waals surface area contributed by atoms with Crippen molar-refractivity contribution in [1.29, 1.82) is 0 Å². The van der Waals surface area contributed by atoms with Crippen molar-refractivity contribution in [1.82, 2.24) is 0 Å². The molecule has 0 aliphatic heterocycles. The van der Waals surface area contributed by atoms with Gasteiger partial charge in [0.15, 0.2) is 0 Å². The summed E-state index contributed by atoms with van der Waals surface area (Å²) < 4.78 is 10.8. The van der Waals surface area contributed by atoms with Gasteiger partial charge in [-0.3, -0.25) is 0 Å². The molecule has 0 N–H and O–H groups in total. The molecule has 0 saturated carbocycles. The molecule has 3 heteroatoms. The molecule has 0 aliphatic rings. The first-order valence-corrected chi connectivity index (χ1v) is 6.59. The van der Waals surface area contributed by atoms with E-state index in [1.807, 2.05) is 48.5 Å². The van der Waals surface area contributed by atoms with E-state index in [2.05, 4.69) is 15.9 Å². The average molecular weight is 307 g/mol. The lowest BCUT2D eigenvalue weighted by Crippen LogP contribution is -1.99. The van der Waals surface area contributed by atoms with E-state index in [-0.39, 0.29) is 4.83 Å². The summed E-state index contributed by atoms with van der Waals surface area (Å²) in [5.41, 5.74) is 2.18. The fourth-order valence-corrected chi connectivity index (χ4v) is 2.68. The van der Waals surface area contributed by atoms with Crippen molar-refractivity contribution >= 4 is 15.9 Å². The first-order valence-electron chi connectivity index (χ1n) is 5.68. The molecule has 0 saturated heterocycles. The van der Waals surface area contributed by atoms with Gasteiger partial charge >= 0.3 is 0 Å². The molecule has 0 radical (unpaired) electrons. The second-order valence-electron chi connectivity index (χ2n) is 3.85. The van der Waals surface area contributed by atoms with Crippen molar-refractivity contribution in [2.45, 2.75) is 4.83 Å². The van der Waals surface area contributed by atoms with Gasteiger partial charge in [0, 0.05) is 11.1 Å². The maximum atomic E-state index is 5.39. The Morgan fingerprint density at radius 2 is 1.17 bits per heavy atom.